The maximum Gasteiger partial charge on any atom is 0.123 e. The highest BCUT2D eigenvalue weighted by molar-refractivity contribution is 5.49. The summed E-state index contributed by atoms with van der Waals surface area (Å²) < 4.78 is 5.94. The molecule has 0 radical (unpaired) electrons. The lowest BCUT2D eigenvalue weighted by Gasteiger charge is -2.29. The number of para-hydroxylation sites is 1. The summed E-state index contributed by atoms with van der Waals surface area (Å²) in [6.45, 7) is 8.66. The van der Waals surface area contributed by atoms with Gasteiger partial charge in [0.05, 0.1) is 6.10 Å². The molecule has 1 nitrogen and oxygen atoms in total. The van der Waals surface area contributed by atoms with Crippen LogP contribution in [0.3, 0.4) is 0 Å². The van der Waals surface area contributed by atoms with Crippen molar-refractivity contribution < 1.29 is 4.74 Å². The molecule has 1 aliphatic rings. The molecule has 0 atom stereocenters. The van der Waals surface area contributed by atoms with Gasteiger partial charge in [0.15, 0.2) is 0 Å². The maximum absolute atomic E-state index is 5.94. The van der Waals surface area contributed by atoms with Gasteiger partial charge in [0.1, 0.15) is 5.75 Å². The van der Waals surface area contributed by atoms with E-state index in [9.17, 15) is 0 Å². The van der Waals surface area contributed by atoms with Gasteiger partial charge >= 0.3 is 0 Å². The van der Waals surface area contributed by atoms with Gasteiger partial charge in [0.2, 0.25) is 0 Å². The van der Waals surface area contributed by atoms with Crippen LogP contribution in [0.1, 0.15) is 39.7 Å². The fourth-order valence-corrected chi connectivity index (χ4v) is 2.42. The zero-order valence-corrected chi connectivity index (χ0v) is 11.7. The topological polar surface area (TPSA) is 9.23 Å². The van der Waals surface area contributed by atoms with E-state index in [4.69, 9.17) is 4.74 Å². The molecule has 18 heavy (non-hydrogen) atoms. The van der Waals surface area contributed by atoms with E-state index in [1.807, 2.05) is 6.07 Å². The highest BCUT2D eigenvalue weighted by Gasteiger charge is 2.28. The van der Waals surface area contributed by atoms with Crippen molar-refractivity contribution in [2.75, 3.05) is 0 Å². The molecule has 0 saturated carbocycles. The van der Waals surface area contributed by atoms with Crippen molar-refractivity contribution >= 4 is 0 Å². The average molecular weight is 242 g/mol. The fraction of sp³-hybridized carbons (Fsp3) is 0.412. The third-order valence-electron chi connectivity index (χ3n) is 3.42. The van der Waals surface area contributed by atoms with Crippen LogP contribution >= 0.6 is 0 Å². The van der Waals surface area contributed by atoms with Crippen molar-refractivity contribution in [3.63, 3.8) is 0 Å². The van der Waals surface area contributed by atoms with Crippen LogP contribution in [0.25, 0.3) is 0 Å². The van der Waals surface area contributed by atoms with Crippen molar-refractivity contribution in [3.05, 3.63) is 53.6 Å². The first-order valence-electron chi connectivity index (χ1n) is 6.65. The third kappa shape index (κ3) is 2.50. The first-order chi connectivity index (χ1) is 8.51. The summed E-state index contributed by atoms with van der Waals surface area (Å²) in [5, 5.41) is 0. The smallest absolute Gasteiger partial charge is 0.123 e. The second-order valence-corrected chi connectivity index (χ2v) is 5.59. The highest BCUT2D eigenvalue weighted by Crippen LogP contribution is 2.39. The zero-order valence-electron chi connectivity index (χ0n) is 11.7. The number of rotatable bonds is 4. The average Bonchev–Trinajstić information content (AvgIpc) is 2.82. The zero-order chi connectivity index (χ0) is 13.2. The van der Waals surface area contributed by atoms with Gasteiger partial charge in [-0.15, -0.1) is 0 Å². The van der Waals surface area contributed by atoms with E-state index in [2.05, 4.69) is 64.1 Å². The van der Waals surface area contributed by atoms with Crippen molar-refractivity contribution in [3.8, 4) is 5.75 Å². The van der Waals surface area contributed by atoms with E-state index >= 15 is 0 Å². The predicted octanol–water partition coefficient (Wildman–Crippen LogP) is 4.64. The third-order valence-corrected chi connectivity index (χ3v) is 3.42. The number of hydrogen-bond acceptors (Lipinski definition) is 1. The monoisotopic (exact) mass is 242 g/mol. The van der Waals surface area contributed by atoms with Crippen LogP contribution in [0, 0.1) is 0 Å². The molecule has 1 aromatic rings. The van der Waals surface area contributed by atoms with E-state index in [-0.39, 0.29) is 11.5 Å². The Labute approximate surface area is 110 Å². The predicted molar refractivity (Wildman–Crippen MR) is 77.1 cm³/mol. The molecule has 1 heteroatoms. The molecule has 0 aromatic heterocycles. The Morgan fingerprint density at radius 3 is 2.50 bits per heavy atom. The minimum Gasteiger partial charge on any atom is -0.491 e. The van der Waals surface area contributed by atoms with E-state index in [0.717, 1.165) is 12.2 Å². The molecule has 96 valence electrons. The van der Waals surface area contributed by atoms with Gasteiger partial charge in [-0.05, 0) is 31.9 Å². The van der Waals surface area contributed by atoms with Gasteiger partial charge in [-0.1, -0.05) is 50.3 Å². The molecule has 0 aliphatic heterocycles. The van der Waals surface area contributed by atoms with Crippen LogP contribution in [0.2, 0.25) is 0 Å². The number of hydrogen-bond donors (Lipinski definition) is 0. The van der Waals surface area contributed by atoms with Gasteiger partial charge in [-0.25, -0.2) is 0 Å². The standard InChI is InChI=1S/C17H22O/c1-13(2)18-16-12-8-7-11-15(16)17(3,4)14-9-5-6-10-14/h5,7-13H,6H2,1-4H3. The highest BCUT2D eigenvalue weighted by atomic mass is 16.5. The Morgan fingerprint density at radius 1 is 1.17 bits per heavy atom. The summed E-state index contributed by atoms with van der Waals surface area (Å²) in [6, 6.07) is 8.36. The Hall–Kier alpha value is -1.50. The van der Waals surface area contributed by atoms with E-state index in [1.54, 1.807) is 0 Å². The Balaban J connectivity index is 2.40. The molecule has 0 N–H and O–H groups in total. The van der Waals surface area contributed by atoms with Crippen molar-refractivity contribution in [2.45, 2.75) is 45.6 Å². The first-order valence-corrected chi connectivity index (χ1v) is 6.65. The van der Waals surface area contributed by atoms with Gasteiger partial charge in [-0.2, -0.15) is 0 Å². The Morgan fingerprint density at radius 2 is 1.89 bits per heavy atom. The van der Waals surface area contributed by atoms with Gasteiger partial charge in [-0.3, -0.25) is 0 Å². The van der Waals surface area contributed by atoms with Gasteiger partial charge < -0.3 is 4.74 Å². The lowest BCUT2D eigenvalue weighted by atomic mass is 9.77. The fourth-order valence-electron chi connectivity index (χ4n) is 2.42. The summed E-state index contributed by atoms with van der Waals surface area (Å²) in [7, 11) is 0. The molecule has 0 amide bonds. The minimum absolute atomic E-state index is 0.00150. The molecule has 0 bridgehead atoms. The lowest BCUT2D eigenvalue weighted by molar-refractivity contribution is 0.237. The molecule has 1 aromatic carbocycles. The minimum atomic E-state index is -0.00150. The summed E-state index contributed by atoms with van der Waals surface area (Å²) in [5.74, 6) is 0.999. The largest absolute Gasteiger partial charge is 0.491 e. The molecule has 1 aliphatic carbocycles. The maximum atomic E-state index is 5.94. The van der Waals surface area contributed by atoms with Gasteiger partial charge in [0.25, 0.3) is 0 Å². The summed E-state index contributed by atoms with van der Waals surface area (Å²) >= 11 is 0. The molecular weight excluding hydrogens is 220 g/mol. The molecular formula is C17H22O. The SMILES string of the molecule is CC(C)Oc1ccccc1C(C)(C)C1=CCC=C1. The van der Waals surface area contributed by atoms with Crippen molar-refractivity contribution in [1.82, 2.24) is 0 Å². The quantitative estimate of drug-likeness (QED) is 0.747. The number of allylic oxidation sites excluding steroid dienone is 4. The van der Waals surface area contributed by atoms with Crippen LogP contribution < -0.4 is 4.74 Å². The van der Waals surface area contributed by atoms with Gasteiger partial charge in [0, 0.05) is 11.0 Å². The molecule has 2 rings (SSSR count). The summed E-state index contributed by atoms with van der Waals surface area (Å²) in [5.41, 5.74) is 2.64. The summed E-state index contributed by atoms with van der Waals surface area (Å²) in [4.78, 5) is 0. The molecule has 0 saturated heterocycles. The Bertz CT molecular complexity index is 478. The van der Waals surface area contributed by atoms with E-state index in [1.165, 1.54) is 11.1 Å². The molecule has 0 heterocycles. The second kappa shape index (κ2) is 5.01. The van der Waals surface area contributed by atoms with Crippen LogP contribution in [0.15, 0.2) is 48.1 Å². The van der Waals surface area contributed by atoms with Crippen LogP contribution in [0.4, 0.5) is 0 Å². The van der Waals surface area contributed by atoms with Crippen LogP contribution in [0.5, 0.6) is 5.75 Å². The first kappa shape index (κ1) is 12.9. The molecule has 0 spiro atoms. The second-order valence-electron chi connectivity index (χ2n) is 5.59. The van der Waals surface area contributed by atoms with E-state index in [0.29, 0.717) is 0 Å². The number of benzene rings is 1. The number of ether oxygens (including phenoxy) is 1. The van der Waals surface area contributed by atoms with Crippen molar-refractivity contribution in [1.29, 1.82) is 0 Å². The van der Waals surface area contributed by atoms with Crippen molar-refractivity contribution in [2.24, 2.45) is 0 Å². The normalized spacial score (nSPS) is 15.1. The Kier molecular flexibility index (Phi) is 3.60. The molecule has 0 unspecified atom stereocenters. The lowest BCUT2D eigenvalue weighted by Crippen LogP contribution is -2.21. The van der Waals surface area contributed by atoms with Crippen LogP contribution in [-0.2, 0) is 5.41 Å². The van der Waals surface area contributed by atoms with Crippen LogP contribution in [-0.4, -0.2) is 6.10 Å². The molecule has 0 fully saturated rings. The van der Waals surface area contributed by atoms with E-state index < -0.39 is 0 Å². The summed E-state index contributed by atoms with van der Waals surface area (Å²) in [6.07, 6.45) is 7.99.